The van der Waals surface area contributed by atoms with Crippen LogP contribution in [0.1, 0.15) is 47.2 Å². The molecule has 8 heteroatoms. The van der Waals surface area contributed by atoms with Crippen LogP contribution in [0.5, 0.6) is 0 Å². The summed E-state index contributed by atoms with van der Waals surface area (Å²) in [6.07, 6.45) is -1.08. The van der Waals surface area contributed by atoms with Gasteiger partial charge in [-0.25, -0.2) is 0 Å². The van der Waals surface area contributed by atoms with Crippen molar-refractivity contribution in [2.75, 3.05) is 11.9 Å². The van der Waals surface area contributed by atoms with E-state index >= 15 is 0 Å². The number of hydrogen-bond acceptors (Lipinski definition) is 2. The highest BCUT2D eigenvalue weighted by Crippen LogP contribution is 2.32. The zero-order valence-electron chi connectivity index (χ0n) is 16.5. The zero-order valence-corrected chi connectivity index (χ0v) is 18.8. The first-order valence-corrected chi connectivity index (χ1v) is 11.0. The molecule has 1 amide bonds. The van der Waals surface area contributed by atoms with Gasteiger partial charge in [0, 0.05) is 22.7 Å². The van der Waals surface area contributed by atoms with Gasteiger partial charge in [-0.15, -0.1) is 0 Å². The number of alkyl halides is 3. The lowest BCUT2D eigenvalue weighted by atomic mass is 9.86. The van der Waals surface area contributed by atoms with E-state index in [4.69, 9.17) is 11.6 Å². The minimum atomic E-state index is -4.52. The van der Waals surface area contributed by atoms with E-state index in [1.165, 1.54) is 5.56 Å². The third kappa shape index (κ3) is 5.91. The second-order valence-electron chi connectivity index (χ2n) is 7.73. The molecule has 0 spiro atoms. The predicted octanol–water partition coefficient (Wildman–Crippen LogP) is 6.83. The third-order valence-electron chi connectivity index (χ3n) is 5.49. The second kappa shape index (κ2) is 9.60. The van der Waals surface area contributed by atoms with Crippen LogP contribution in [0.3, 0.4) is 0 Å². The largest absolute Gasteiger partial charge is 0.416 e. The highest BCUT2D eigenvalue weighted by Gasteiger charge is 2.32. The Hall–Kier alpha value is -1.73. The Kier molecular flexibility index (Phi) is 7.34. The van der Waals surface area contributed by atoms with Crippen LogP contribution in [0.15, 0.2) is 40.9 Å². The molecule has 0 atom stereocenters. The summed E-state index contributed by atoms with van der Waals surface area (Å²) in [5, 5.41) is 6.31. The molecule has 1 saturated carbocycles. The number of anilines is 1. The summed E-state index contributed by atoms with van der Waals surface area (Å²) in [5.74, 6) is -0.0763. The van der Waals surface area contributed by atoms with Gasteiger partial charge in [0.25, 0.3) is 5.91 Å². The van der Waals surface area contributed by atoms with E-state index in [-0.39, 0.29) is 16.6 Å². The maximum atomic E-state index is 12.9. The summed E-state index contributed by atoms with van der Waals surface area (Å²) in [4.78, 5) is 12.5. The molecule has 1 aliphatic carbocycles. The number of hydrogen-bond donors (Lipinski definition) is 2. The first-order chi connectivity index (χ1) is 14.1. The van der Waals surface area contributed by atoms with E-state index in [2.05, 4.69) is 38.7 Å². The molecule has 0 aromatic heterocycles. The molecular weight excluding hydrogens is 481 g/mol. The van der Waals surface area contributed by atoms with Crippen molar-refractivity contribution in [2.24, 2.45) is 5.92 Å². The highest BCUT2D eigenvalue weighted by atomic mass is 79.9. The fraction of sp³-hybridized carbons (Fsp3) is 0.409. The van der Waals surface area contributed by atoms with E-state index in [1.807, 2.05) is 13.0 Å². The number of carbonyl (C=O) groups excluding carboxylic acids is 1. The molecule has 0 radical (unpaired) electrons. The van der Waals surface area contributed by atoms with Crippen LogP contribution < -0.4 is 10.6 Å². The second-order valence-corrected chi connectivity index (χ2v) is 8.99. The number of carbonyl (C=O) groups is 1. The molecule has 2 aromatic rings. The molecule has 0 saturated heterocycles. The van der Waals surface area contributed by atoms with E-state index in [0.717, 1.165) is 60.6 Å². The fourth-order valence-electron chi connectivity index (χ4n) is 3.61. The number of rotatable bonds is 5. The number of amides is 1. The van der Waals surface area contributed by atoms with Gasteiger partial charge in [0.05, 0.1) is 16.1 Å². The molecule has 3 nitrogen and oxygen atoms in total. The topological polar surface area (TPSA) is 41.1 Å². The smallest absolute Gasteiger partial charge is 0.385 e. The lowest BCUT2D eigenvalue weighted by Gasteiger charge is -2.29. The fourth-order valence-corrected chi connectivity index (χ4v) is 4.20. The van der Waals surface area contributed by atoms with Gasteiger partial charge >= 0.3 is 6.18 Å². The zero-order chi connectivity index (χ0) is 21.9. The quantitative estimate of drug-likeness (QED) is 0.469. The molecule has 2 aromatic carbocycles. The van der Waals surface area contributed by atoms with Crippen molar-refractivity contribution in [3.63, 3.8) is 0 Å². The van der Waals surface area contributed by atoms with Gasteiger partial charge in [-0.3, -0.25) is 4.79 Å². The van der Waals surface area contributed by atoms with Crippen molar-refractivity contribution in [2.45, 2.75) is 44.8 Å². The first-order valence-electron chi connectivity index (χ1n) is 9.81. The van der Waals surface area contributed by atoms with Gasteiger partial charge in [-0.2, -0.15) is 13.2 Å². The predicted molar refractivity (Wildman–Crippen MR) is 117 cm³/mol. The molecule has 0 unspecified atom stereocenters. The van der Waals surface area contributed by atoms with Crippen molar-refractivity contribution in [1.82, 2.24) is 5.32 Å². The van der Waals surface area contributed by atoms with E-state index in [0.29, 0.717) is 5.92 Å². The van der Waals surface area contributed by atoms with Crippen LogP contribution >= 0.6 is 27.5 Å². The summed E-state index contributed by atoms with van der Waals surface area (Å²) in [6, 6.07) is 8.90. The van der Waals surface area contributed by atoms with Crippen molar-refractivity contribution >= 4 is 39.1 Å². The summed E-state index contributed by atoms with van der Waals surface area (Å²) >= 11 is 9.49. The van der Waals surface area contributed by atoms with Crippen molar-refractivity contribution in [3.8, 4) is 0 Å². The minimum Gasteiger partial charge on any atom is -0.385 e. The lowest BCUT2D eigenvalue weighted by Crippen LogP contribution is -2.38. The summed E-state index contributed by atoms with van der Waals surface area (Å²) in [5.41, 5.74) is 1.22. The van der Waals surface area contributed by atoms with Crippen LogP contribution in [0.4, 0.5) is 18.9 Å². The van der Waals surface area contributed by atoms with Crippen molar-refractivity contribution in [1.29, 1.82) is 0 Å². The maximum Gasteiger partial charge on any atom is 0.416 e. The highest BCUT2D eigenvalue weighted by molar-refractivity contribution is 9.10. The van der Waals surface area contributed by atoms with Crippen LogP contribution in [0.2, 0.25) is 5.02 Å². The molecule has 0 heterocycles. The molecule has 0 aliphatic heterocycles. The first kappa shape index (κ1) is 22.9. The summed E-state index contributed by atoms with van der Waals surface area (Å²) in [7, 11) is 0. The molecule has 1 fully saturated rings. The number of benzene rings is 2. The molecule has 162 valence electrons. The Labute approximate surface area is 187 Å². The van der Waals surface area contributed by atoms with Gasteiger partial charge in [0.15, 0.2) is 0 Å². The monoisotopic (exact) mass is 502 g/mol. The third-order valence-corrected chi connectivity index (χ3v) is 6.67. The Morgan fingerprint density at radius 2 is 1.83 bits per heavy atom. The molecule has 2 N–H and O–H groups in total. The van der Waals surface area contributed by atoms with Crippen LogP contribution in [-0.4, -0.2) is 18.5 Å². The Balaban J connectivity index is 1.51. The van der Waals surface area contributed by atoms with Gasteiger partial charge in [-0.1, -0.05) is 33.6 Å². The van der Waals surface area contributed by atoms with Gasteiger partial charge in [0.2, 0.25) is 0 Å². The lowest BCUT2D eigenvalue weighted by molar-refractivity contribution is -0.137. The van der Waals surface area contributed by atoms with Gasteiger partial charge in [-0.05, 0) is 74.4 Å². The van der Waals surface area contributed by atoms with Crippen LogP contribution in [-0.2, 0) is 6.18 Å². The van der Waals surface area contributed by atoms with Crippen LogP contribution in [0, 0.1) is 12.8 Å². The number of aryl methyl sites for hydroxylation is 1. The molecular formula is C22H23BrClF3N2O. The molecule has 1 aliphatic rings. The Morgan fingerprint density at radius 3 is 2.47 bits per heavy atom. The summed E-state index contributed by atoms with van der Waals surface area (Å²) < 4.78 is 39.8. The molecule has 30 heavy (non-hydrogen) atoms. The summed E-state index contributed by atoms with van der Waals surface area (Å²) in [6.45, 7) is 2.88. The van der Waals surface area contributed by atoms with E-state index in [1.54, 1.807) is 0 Å². The average Bonchev–Trinajstić information content (AvgIpc) is 2.69. The Morgan fingerprint density at radius 1 is 1.13 bits per heavy atom. The molecule has 0 bridgehead atoms. The van der Waals surface area contributed by atoms with E-state index < -0.39 is 17.6 Å². The SMILES string of the molecule is Cc1ccc(NC[C@H]2CC[C@H](NC(=O)c3cc(C(F)(F)F)ccc3Cl)CC2)cc1Br. The number of nitrogens with one attached hydrogen (secondary N) is 2. The van der Waals surface area contributed by atoms with Crippen LogP contribution in [0.25, 0.3) is 0 Å². The Bertz CT molecular complexity index is 912. The van der Waals surface area contributed by atoms with Crippen molar-refractivity contribution in [3.05, 3.63) is 62.6 Å². The minimum absolute atomic E-state index is 0.0163. The van der Waals surface area contributed by atoms with Gasteiger partial charge < -0.3 is 10.6 Å². The number of halogens is 5. The maximum absolute atomic E-state index is 12.9. The average molecular weight is 504 g/mol. The van der Waals surface area contributed by atoms with Crippen molar-refractivity contribution < 1.29 is 18.0 Å². The van der Waals surface area contributed by atoms with E-state index in [9.17, 15) is 18.0 Å². The standard InChI is InChI=1S/C22H23BrClF3N2O/c1-13-2-6-17(11-19(13)23)28-12-14-3-7-16(8-4-14)29-21(30)18-10-15(22(25,26)27)5-9-20(18)24/h2,5-6,9-11,14,16,28H,3-4,7-8,12H2,1H3,(H,29,30)/t14-,16-. The molecule has 3 rings (SSSR count). The normalized spacial score (nSPS) is 19.4. The van der Waals surface area contributed by atoms with Gasteiger partial charge in [0.1, 0.15) is 0 Å².